The molecule has 0 amide bonds. The van der Waals surface area contributed by atoms with E-state index in [9.17, 15) is 0 Å². The normalized spacial score (nSPS) is 31.5. The number of hydrogen-bond acceptors (Lipinski definition) is 4. The molecule has 0 radical (unpaired) electrons. The Labute approximate surface area is 106 Å². The molecule has 3 atom stereocenters. The van der Waals surface area contributed by atoms with Crippen LogP contribution in [-0.4, -0.2) is 29.3 Å². The Balaban J connectivity index is 1.67. The van der Waals surface area contributed by atoms with E-state index in [2.05, 4.69) is 20.8 Å². The van der Waals surface area contributed by atoms with Crippen LogP contribution < -0.4 is 10.6 Å². The van der Waals surface area contributed by atoms with E-state index in [0.29, 0.717) is 11.2 Å². The van der Waals surface area contributed by atoms with Crippen molar-refractivity contribution in [2.75, 3.05) is 18.4 Å². The molecule has 3 rings (SSSR count). The van der Waals surface area contributed by atoms with Crippen LogP contribution in [0.3, 0.4) is 0 Å². The van der Waals surface area contributed by atoms with Gasteiger partial charge in [0.25, 0.3) is 0 Å². The van der Waals surface area contributed by atoms with Gasteiger partial charge >= 0.3 is 0 Å². The van der Waals surface area contributed by atoms with E-state index < -0.39 is 0 Å². The van der Waals surface area contributed by atoms with Crippen molar-refractivity contribution in [3.63, 3.8) is 0 Å². The SMILES string of the molecule is Cc1cc(Cl)nnc1N[C@@H]1C[C@H]2CNC[C@H]2C1. The van der Waals surface area contributed by atoms with E-state index in [4.69, 9.17) is 11.6 Å². The molecule has 0 unspecified atom stereocenters. The van der Waals surface area contributed by atoms with Gasteiger partial charge in [0.15, 0.2) is 11.0 Å². The summed E-state index contributed by atoms with van der Waals surface area (Å²) in [5.74, 6) is 2.56. The van der Waals surface area contributed by atoms with E-state index in [1.807, 2.05) is 13.0 Å². The molecule has 2 fully saturated rings. The van der Waals surface area contributed by atoms with Gasteiger partial charge < -0.3 is 10.6 Å². The average Bonchev–Trinajstić information content (AvgIpc) is 2.82. The summed E-state index contributed by atoms with van der Waals surface area (Å²) in [4.78, 5) is 0. The smallest absolute Gasteiger partial charge is 0.152 e. The summed E-state index contributed by atoms with van der Waals surface area (Å²) in [6.45, 7) is 4.36. The van der Waals surface area contributed by atoms with Crippen molar-refractivity contribution in [2.24, 2.45) is 11.8 Å². The number of fused-ring (bicyclic) bond motifs is 1. The minimum Gasteiger partial charge on any atom is -0.366 e. The highest BCUT2D eigenvalue weighted by Crippen LogP contribution is 2.35. The molecule has 5 heteroatoms. The molecule has 4 nitrogen and oxygen atoms in total. The van der Waals surface area contributed by atoms with Gasteiger partial charge in [0.1, 0.15) is 0 Å². The summed E-state index contributed by atoms with van der Waals surface area (Å²) < 4.78 is 0. The largest absolute Gasteiger partial charge is 0.366 e. The lowest BCUT2D eigenvalue weighted by atomic mass is 10.0. The second-order valence-corrected chi connectivity index (χ2v) is 5.58. The third-order valence-corrected chi connectivity index (χ3v) is 4.13. The Morgan fingerprint density at radius 2 is 2.00 bits per heavy atom. The van der Waals surface area contributed by atoms with Crippen LogP contribution in [0.15, 0.2) is 6.07 Å². The molecule has 1 saturated carbocycles. The fourth-order valence-electron chi connectivity index (χ4n) is 3.07. The Hall–Kier alpha value is -0.870. The van der Waals surface area contributed by atoms with Crippen LogP contribution in [0.1, 0.15) is 18.4 Å². The van der Waals surface area contributed by atoms with Crippen LogP contribution in [0.25, 0.3) is 0 Å². The highest BCUT2D eigenvalue weighted by atomic mass is 35.5. The summed E-state index contributed by atoms with van der Waals surface area (Å²) in [6, 6.07) is 2.40. The summed E-state index contributed by atoms with van der Waals surface area (Å²) in [5, 5.41) is 15.4. The van der Waals surface area contributed by atoms with Gasteiger partial charge in [-0.15, -0.1) is 10.2 Å². The molecular weight excluding hydrogens is 236 g/mol. The molecule has 1 aliphatic carbocycles. The minimum atomic E-state index is 0.459. The Morgan fingerprint density at radius 1 is 1.29 bits per heavy atom. The van der Waals surface area contributed by atoms with E-state index in [1.54, 1.807) is 0 Å². The molecule has 0 aromatic carbocycles. The maximum atomic E-state index is 5.80. The standard InChI is InChI=1S/C12H17ClN4/c1-7-2-11(13)16-17-12(7)15-10-3-8-5-14-6-9(8)4-10/h2,8-10,14H,3-6H2,1H3,(H,15,17)/t8-,9+,10+. The predicted octanol–water partition coefficient (Wildman–Crippen LogP) is 1.85. The average molecular weight is 253 g/mol. The Bertz CT molecular complexity index is 411. The van der Waals surface area contributed by atoms with Crippen molar-refractivity contribution in [3.8, 4) is 0 Å². The molecule has 0 bridgehead atoms. The van der Waals surface area contributed by atoms with Crippen molar-refractivity contribution < 1.29 is 0 Å². The first-order chi connectivity index (χ1) is 8.22. The second-order valence-electron chi connectivity index (χ2n) is 5.19. The zero-order valence-electron chi connectivity index (χ0n) is 9.91. The van der Waals surface area contributed by atoms with Gasteiger partial charge in [0.05, 0.1) is 0 Å². The molecule has 1 saturated heterocycles. The van der Waals surface area contributed by atoms with Crippen LogP contribution in [0, 0.1) is 18.8 Å². The zero-order valence-corrected chi connectivity index (χ0v) is 10.7. The number of halogens is 1. The van der Waals surface area contributed by atoms with E-state index >= 15 is 0 Å². The number of rotatable bonds is 2. The van der Waals surface area contributed by atoms with Crippen LogP contribution in [-0.2, 0) is 0 Å². The molecule has 1 aromatic rings. The molecule has 2 heterocycles. The highest BCUT2D eigenvalue weighted by molar-refractivity contribution is 6.29. The predicted molar refractivity (Wildman–Crippen MR) is 68.3 cm³/mol. The van der Waals surface area contributed by atoms with Gasteiger partial charge in [-0.1, -0.05) is 11.6 Å². The van der Waals surface area contributed by atoms with Crippen LogP contribution in [0.2, 0.25) is 5.15 Å². The van der Waals surface area contributed by atoms with E-state index in [1.165, 1.54) is 25.9 Å². The third-order valence-electron chi connectivity index (χ3n) is 3.95. The number of aromatic nitrogens is 2. The van der Waals surface area contributed by atoms with E-state index in [-0.39, 0.29) is 0 Å². The van der Waals surface area contributed by atoms with Crippen LogP contribution >= 0.6 is 11.6 Å². The quantitative estimate of drug-likeness (QED) is 0.844. The van der Waals surface area contributed by atoms with Crippen molar-refractivity contribution in [3.05, 3.63) is 16.8 Å². The molecule has 1 aliphatic heterocycles. The first-order valence-corrected chi connectivity index (χ1v) is 6.57. The number of anilines is 1. The van der Waals surface area contributed by atoms with Gasteiger partial charge in [-0.2, -0.15) is 0 Å². The molecule has 2 aliphatic rings. The van der Waals surface area contributed by atoms with Gasteiger partial charge in [0, 0.05) is 6.04 Å². The zero-order chi connectivity index (χ0) is 11.8. The fourth-order valence-corrected chi connectivity index (χ4v) is 3.27. The highest BCUT2D eigenvalue weighted by Gasteiger charge is 2.37. The van der Waals surface area contributed by atoms with Gasteiger partial charge in [-0.25, -0.2) is 0 Å². The van der Waals surface area contributed by atoms with Crippen LogP contribution in [0.5, 0.6) is 0 Å². The van der Waals surface area contributed by atoms with Crippen molar-refractivity contribution in [2.45, 2.75) is 25.8 Å². The molecule has 17 heavy (non-hydrogen) atoms. The van der Waals surface area contributed by atoms with Crippen LogP contribution in [0.4, 0.5) is 5.82 Å². The molecule has 2 N–H and O–H groups in total. The van der Waals surface area contributed by atoms with Gasteiger partial charge in [-0.3, -0.25) is 0 Å². The first kappa shape index (κ1) is 11.2. The van der Waals surface area contributed by atoms with Crippen molar-refractivity contribution >= 4 is 17.4 Å². The topological polar surface area (TPSA) is 49.8 Å². The monoisotopic (exact) mass is 252 g/mol. The summed E-state index contributed by atoms with van der Waals surface area (Å²) in [7, 11) is 0. The maximum absolute atomic E-state index is 5.80. The number of hydrogen-bond donors (Lipinski definition) is 2. The number of nitrogens with one attached hydrogen (secondary N) is 2. The Morgan fingerprint density at radius 3 is 2.65 bits per heavy atom. The van der Waals surface area contributed by atoms with Gasteiger partial charge in [-0.05, 0) is 56.3 Å². The number of aryl methyl sites for hydroxylation is 1. The lowest BCUT2D eigenvalue weighted by Gasteiger charge is -2.15. The first-order valence-electron chi connectivity index (χ1n) is 6.19. The molecule has 0 spiro atoms. The summed E-state index contributed by atoms with van der Waals surface area (Å²) in [6.07, 6.45) is 2.48. The lowest BCUT2D eigenvalue weighted by Crippen LogP contribution is -2.21. The van der Waals surface area contributed by atoms with Crippen molar-refractivity contribution in [1.82, 2.24) is 15.5 Å². The Kier molecular flexibility index (Phi) is 2.92. The van der Waals surface area contributed by atoms with Gasteiger partial charge in [0.2, 0.25) is 0 Å². The summed E-state index contributed by atoms with van der Waals surface area (Å²) >= 11 is 5.80. The second kappa shape index (κ2) is 4.42. The fraction of sp³-hybridized carbons (Fsp3) is 0.667. The minimum absolute atomic E-state index is 0.459. The summed E-state index contributed by atoms with van der Waals surface area (Å²) in [5.41, 5.74) is 1.07. The molecule has 1 aromatic heterocycles. The van der Waals surface area contributed by atoms with Crippen molar-refractivity contribution in [1.29, 1.82) is 0 Å². The maximum Gasteiger partial charge on any atom is 0.152 e. The third kappa shape index (κ3) is 2.24. The lowest BCUT2D eigenvalue weighted by molar-refractivity contribution is 0.494. The molecular formula is C12H17ClN4. The molecule has 92 valence electrons. The van der Waals surface area contributed by atoms with E-state index in [0.717, 1.165) is 23.2 Å². The number of nitrogens with zero attached hydrogens (tertiary/aromatic N) is 2.